The number of aromatic amines is 1. The zero-order chi connectivity index (χ0) is 15.9. The molecule has 0 aromatic carbocycles. The van der Waals surface area contributed by atoms with E-state index in [2.05, 4.69) is 25.5 Å². The third-order valence-corrected chi connectivity index (χ3v) is 3.13. The van der Waals surface area contributed by atoms with Crippen molar-refractivity contribution < 1.29 is 13.6 Å². The fourth-order valence-electron chi connectivity index (χ4n) is 2.14. The molecule has 3 rings (SSSR count). The Morgan fingerprint density at radius 2 is 2.18 bits per heavy atom. The Hall–Kier alpha value is -2.84. The second kappa shape index (κ2) is 5.17. The smallest absolute Gasteiger partial charge is 0.284 e. The number of fused-ring (bicyclic) bond motifs is 1. The van der Waals surface area contributed by atoms with Crippen molar-refractivity contribution in [3.8, 4) is 0 Å². The van der Waals surface area contributed by atoms with Gasteiger partial charge in [0, 0.05) is 18.6 Å². The summed E-state index contributed by atoms with van der Waals surface area (Å²) < 4.78 is 27.4. The van der Waals surface area contributed by atoms with Gasteiger partial charge in [0.2, 0.25) is 0 Å². The third-order valence-electron chi connectivity index (χ3n) is 3.13. The standard InChI is InChI=1S/C13H12F2N6O/c1-6-5-21-4-3-16-10(12(21)17-6)13(22)18-8-7(2)19-20-9(8)11(14)15/h3-5,11H,1-2H3,(H,18,22)(H,19,20). The molecule has 0 fully saturated rings. The summed E-state index contributed by atoms with van der Waals surface area (Å²) in [6, 6.07) is 0. The van der Waals surface area contributed by atoms with Crippen LogP contribution in [0, 0.1) is 13.8 Å². The Morgan fingerprint density at radius 1 is 1.41 bits per heavy atom. The summed E-state index contributed by atoms with van der Waals surface area (Å²) in [7, 11) is 0. The van der Waals surface area contributed by atoms with Gasteiger partial charge in [-0.05, 0) is 13.8 Å². The lowest BCUT2D eigenvalue weighted by Crippen LogP contribution is -2.16. The van der Waals surface area contributed by atoms with Crippen LogP contribution in [0.25, 0.3) is 5.65 Å². The van der Waals surface area contributed by atoms with Crippen molar-refractivity contribution in [2.24, 2.45) is 0 Å². The van der Waals surface area contributed by atoms with E-state index in [-0.39, 0.29) is 11.4 Å². The first kappa shape index (κ1) is 14.1. The van der Waals surface area contributed by atoms with Crippen LogP contribution in [0.15, 0.2) is 18.6 Å². The average Bonchev–Trinajstić information content (AvgIpc) is 3.01. The van der Waals surface area contributed by atoms with Gasteiger partial charge in [-0.2, -0.15) is 5.10 Å². The van der Waals surface area contributed by atoms with Crippen LogP contribution in [0.2, 0.25) is 0 Å². The van der Waals surface area contributed by atoms with Gasteiger partial charge in [-0.25, -0.2) is 18.7 Å². The van der Waals surface area contributed by atoms with E-state index in [0.717, 1.165) is 5.69 Å². The quantitative estimate of drug-likeness (QED) is 0.777. The fraction of sp³-hybridized carbons (Fsp3) is 0.231. The maximum Gasteiger partial charge on any atom is 0.284 e. The molecule has 0 aliphatic rings. The van der Waals surface area contributed by atoms with Crippen LogP contribution in [0.3, 0.4) is 0 Å². The van der Waals surface area contributed by atoms with Crippen LogP contribution in [-0.2, 0) is 0 Å². The highest BCUT2D eigenvalue weighted by Crippen LogP contribution is 2.27. The number of rotatable bonds is 3. The van der Waals surface area contributed by atoms with Crippen molar-refractivity contribution in [1.82, 2.24) is 24.6 Å². The van der Waals surface area contributed by atoms with E-state index in [1.807, 2.05) is 0 Å². The minimum absolute atomic E-state index is 0.0351. The van der Waals surface area contributed by atoms with Crippen molar-refractivity contribution in [3.63, 3.8) is 0 Å². The maximum absolute atomic E-state index is 12.9. The van der Waals surface area contributed by atoms with E-state index in [4.69, 9.17) is 0 Å². The SMILES string of the molecule is Cc1cn2ccnc(C(=O)Nc3c(C(F)F)n[nH]c3C)c2n1. The van der Waals surface area contributed by atoms with E-state index >= 15 is 0 Å². The molecule has 0 atom stereocenters. The lowest BCUT2D eigenvalue weighted by molar-refractivity contribution is 0.102. The van der Waals surface area contributed by atoms with Gasteiger partial charge in [0.25, 0.3) is 12.3 Å². The number of carbonyl (C=O) groups is 1. The Morgan fingerprint density at radius 3 is 2.91 bits per heavy atom. The molecule has 0 saturated heterocycles. The number of alkyl halides is 2. The molecular weight excluding hydrogens is 294 g/mol. The molecule has 1 amide bonds. The van der Waals surface area contributed by atoms with Crippen LogP contribution < -0.4 is 5.32 Å². The molecule has 3 heterocycles. The first-order valence-corrected chi connectivity index (χ1v) is 6.42. The number of carbonyl (C=O) groups excluding carboxylic acids is 1. The predicted octanol–water partition coefficient (Wildman–Crippen LogP) is 2.26. The van der Waals surface area contributed by atoms with E-state index in [1.54, 1.807) is 30.6 Å². The van der Waals surface area contributed by atoms with E-state index in [0.29, 0.717) is 11.3 Å². The fourth-order valence-corrected chi connectivity index (χ4v) is 2.14. The molecule has 0 aliphatic heterocycles. The molecular formula is C13H12F2N6O. The number of amides is 1. The number of aromatic nitrogens is 5. The van der Waals surface area contributed by atoms with E-state index in [1.165, 1.54) is 6.20 Å². The normalized spacial score (nSPS) is 11.3. The minimum Gasteiger partial charge on any atom is -0.317 e. The molecule has 0 aliphatic carbocycles. The van der Waals surface area contributed by atoms with Crippen LogP contribution in [0.5, 0.6) is 0 Å². The first-order valence-electron chi connectivity index (χ1n) is 6.42. The van der Waals surface area contributed by atoms with Gasteiger partial charge in [0.05, 0.1) is 17.1 Å². The molecule has 0 saturated carbocycles. The number of anilines is 1. The second-order valence-electron chi connectivity index (χ2n) is 4.75. The summed E-state index contributed by atoms with van der Waals surface area (Å²) in [5.74, 6) is -0.623. The highest BCUT2D eigenvalue weighted by molar-refractivity contribution is 6.07. The summed E-state index contributed by atoms with van der Waals surface area (Å²) in [5.41, 5.74) is 0.933. The summed E-state index contributed by atoms with van der Waals surface area (Å²) in [5, 5.41) is 8.36. The number of hydrogen-bond acceptors (Lipinski definition) is 4. The van der Waals surface area contributed by atoms with E-state index in [9.17, 15) is 13.6 Å². The number of nitrogens with zero attached hydrogens (tertiary/aromatic N) is 4. The third kappa shape index (κ3) is 2.30. The molecule has 2 N–H and O–H groups in total. The Balaban J connectivity index is 1.99. The van der Waals surface area contributed by atoms with Gasteiger partial charge in [-0.3, -0.25) is 9.89 Å². The van der Waals surface area contributed by atoms with Crippen molar-refractivity contribution >= 4 is 17.2 Å². The summed E-state index contributed by atoms with van der Waals surface area (Å²) >= 11 is 0. The Labute approximate surface area is 123 Å². The first-order chi connectivity index (χ1) is 10.5. The number of aryl methyl sites for hydroxylation is 2. The largest absolute Gasteiger partial charge is 0.317 e. The molecule has 0 unspecified atom stereocenters. The van der Waals surface area contributed by atoms with Gasteiger partial charge in [0.15, 0.2) is 17.0 Å². The van der Waals surface area contributed by atoms with Crippen molar-refractivity contribution in [1.29, 1.82) is 0 Å². The molecule has 9 heteroatoms. The molecule has 0 radical (unpaired) electrons. The van der Waals surface area contributed by atoms with Crippen LogP contribution in [0.1, 0.15) is 34.0 Å². The van der Waals surface area contributed by atoms with Gasteiger partial charge in [-0.15, -0.1) is 0 Å². The van der Waals surface area contributed by atoms with Gasteiger partial charge in [-0.1, -0.05) is 0 Å². The number of nitrogens with one attached hydrogen (secondary N) is 2. The number of imidazole rings is 1. The Kier molecular flexibility index (Phi) is 3.32. The number of H-pyrrole nitrogens is 1. The molecule has 114 valence electrons. The van der Waals surface area contributed by atoms with Crippen LogP contribution in [0.4, 0.5) is 14.5 Å². The average molecular weight is 306 g/mol. The summed E-state index contributed by atoms with van der Waals surface area (Å²) in [4.78, 5) is 20.6. The van der Waals surface area contributed by atoms with Crippen molar-refractivity contribution in [2.45, 2.75) is 20.3 Å². The lowest BCUT2D eigenvalue weighted by Gasteiger charge is -2.06. The van der Waals surface area contributed by atoms with E-state index < -0.39 is 18.0 Å². The van der Waals surface area contributed by atoms with Gasteiger partial charge < -0.3 is 9.72 Å². The molecule has 0 bridgehead atoms. The van der Waals surface area contributed by atoms with Crippen molar-refractivity contribution in [3.05, 3.63) is 41.4 Å². The van der Waals surface area contributed by atoms with Crippen LogP contribution >= 0.6 is 0 Å². The lowest BCUT2D eigenvalue weighted by atomic mass is 10.3. The number of halogens is 2. The monoisotopic (exact) mass is 306 g/mol. The Bertz CT molecular complexity index is 853. The molecule has 7 nitrogen and oxygen atoms in total. The number of hydrogen-bond donors (Lipinski definition) is 2. The zero-order valence-corrected chi connectivity index (χ0v) is 11.8. The van der Waals surface area contributed by atoms with Gasteiger partial charge in [0.1, 0.15) is 0 Å². The molecule has 0 spiro atoms. The second-order valence-corrected chi connectivity index (χ2v) is 4.75. The van der Waals surface area contributed by atoms with Crippen LogP contribution in [-0.4, -0.2) is 30.5 Å². The topological polar surface area (TPSA) is 88.0 Å². The maximum atomic E-state index is 12.9. The highest BCUT2D eigenvalue weighted by atomic mass is 19.3. The molecule has 3 aromatic rings. The van der Waals surface area contributed by atoms with Gasteiger partial charge >= 0.3 is 0 Å². The zero-order valence-electron chi connectivity index (χ0n) is 11.8. The summed E-state index contributed by atoms with van der Waals surface area (Å²) in [6.07, 6.45) is 2.04. The predicted molar refractivity (Wildman–Crippen MR) is 74.0 cm³/mol. The minimum atomic E-state index is -2.79. The van der Waals surface area contributed by atoms with Crippen molar-refractivity contribution in [2.75, 3.05) is 5.32 Å². The summed E-state index contributed by atoms with van der Waals surface area (Å²) in [6.45, 7) is 3.33. The molecule has 22 heavy (non-hydrogen) atoms. The highest BCUT2D eigenvalue weighted by Gasteiger charge is 2.23. The molecule has 3 aromatic heterocycles.